The quantitative estimate of drug-likeness (QED) is 0.718. The van der Waals surface area contributed by atoms with Crippen LogP contribution in [0.25, 0.3) is 0 Å². The fourth-order valence-corrected chi connectivity index (χ4v) is 2.71. The van der Waals surface area contributed by atoms with Crippen LogP contribution < -0.4 is 11.1 Å². The lowest BCUT2D eigenvalue weighted by Gasteiger charge is -2.17. The monoisotopic (exact) mass is 356 g/mol. The molecule has 0 spiro atoms. The molecule has 0 aliphatic heterocycles. The van der Waals surface area contributed by atoms with Gasteiger partial charge in [0.2, 0.25) is 5.91 Å². The fourth-order valence-electron chi connectivity index (χ4n) is 2.17. The fraction of sp³-hybridized carbons (Fsp3) is 0.467. The van der Waals surface area contributed by atoms with Gasteiger partial charge in [-0.05, 0) is 31.0 Å². The summed E-state index contributed by atoms with van der Waals surface area (Å²) in [6.07, 6.45) is 3.80. The number of thiocarbonyl (C=S) groups is 1. The molecule has 3 N–H and O–H groups in total. The van der Waals surface area contributed by atoms with Gasteiger partial charge in [0.15, 0.2) is 0 Å². The number of hydrogen-bond donors (Lipinski definition) is 2. The van der Waals surface area contributed by atoms with Crippen molar-refractivity contribution in [1.82, 2.24) is 0 Å². The molecule has 110 valence electrons. The van der Waals surface area contributed by atoms with Crippen molar-refractivity contribution in [3.05, 3.63) is 28.2 Å². The molecule has 0 saturated heterocycles. The highest BCUT2D eigenvalue weighted by Gasteiger charge is 2.18. The van der Waals surface area contributed by atoms with Crippen LogP contribution in [0.1, 0.15) is 45.1 Å². The van der Waals surface area contributed by atoms with Crippen LogP contribution in [0.15, 0.2) is 22.7 Å². The number of carbonyl (C=O) groups excluding carboxylic acids is 1. The van der Waals surface area contributed by atoms with E-state index >= 15 is 0 Å². The van der Waals surface area contributed by atoms with E-state index in [0.717, 1.165) is 30.2 Å². The van der Waals surface area contributed by atoms with Crippen molar-refractivity contribution in [1.29, 1.82) is 0 Å². The van der Waals surface area contributed by atoms with Gasteiger partial charge in [-0.15, -0.1) is 0 Å². The van der Waals surface area contributed by atoms with Gasteiger partial charge in [-0.2, -0.15) is 0 Å². The third kappa shape index (κ3) is 4.87. The van der Waals surface area contributed by atoms with Crippen molar-refractivity contribution in [2.24, 2.45) is 11.7 Å². The molecule has 1 amide bonds. The molecule has 0 aromatic heterocycles. The molecule has 0 aliphatic rings. The van der Waals surface area contributed by atoms with Crippen molar-refractivity contribution in [2.75, 3.05) is 5.32 Å². The highest BCUT2D eigenvalue weighted by molar-refractivity contribution is 9.10. The predicted octanol–water partition coefficient (Wildman–Crippen LogP) is 4.24. The van der Waals surface area contributed by atoms with Crippen LogP contribution in [-0.2, 0) is 4.79 Å². The summed E-state index contributed by atoms with van der Waals surface area (Å²) < 4.78 is 0.885. The lowest BCUT2D eigenvalue weighted by atomic mass is 9.97. The number of nitrogens with one attached hydrogen (secondary N) is 1. The van der Waals surface area contributed by atoms with E-state index in [4.69, 9.17) is 18.0 Å². The largest absolute Gasteiger partial charge is 0.389 e. The Morgan fingerprint density at radius 2 is 1.95 bits per heavy atom. The second kappa shape index (κ2) is 8.37. The minimum atomic E-state index is 0.0446. The molecule has 1 aromatic carbocycles. The van der Waals surface area contributed by atoms with Crippen LogP contribution in [0.3, 0.4) is 0 Å². The van der Waals surface area contributed by atoms with E-state index < -0.39 is 0 Å². The Balaban J connectivity index is 2.93. The number of nitrogens with two attached hydrogens (primary N) is 1. The zero-order valence-electron chi connectivity index (χ0n) is 11.9. The Morgan fingerprint density at radius 1 is 1.35 bits per heavy atom. The zero-order valence-corrected chi connectivity index (χ0v) is 14.3. The molecule has 5 heteroatoms. The van der Waals surface area contributed by atoms with E-state index in [-0.39, 0.29) is 16.8 Å². The maximum atomic E-state index is 12.4. The maximum Gasteiger partial charge on any atom is 0.227 e. The highest BCUT2D eigenvalue weighted by atomic mass is 79.9. The van der Waals surface area contributed by atoms with E-state index in [1.165, 1.54) is 0 Å². The second-order valence-electron chi connectivity index (χ2n) is 4.82. The highest BCUT2D eigenvalue weighted by Crippen LogP contribution is 2.23. The predicted molar refractivity (Wildman–Crippen MR) is 92.0 cm³/mol. The van der Waals surface area contributed by atoms with Crippen LogP contribution in [0.2, 0.25) is 0 Å². The topological polar surface area (TPSA) is 55.1 Å². The summed E-state index contributed by atoms with van der Waals surface area (Å²) in [5.41, 5.74) is 7.07. The Labute approximate surface area is 134 Å². The third-order valence-electron chi connectivity index (χ3n) is 3.15. The molecule has 3 nitrogen and oxygen atoms in total. The number of benzene rings is 1. The number of rotatable bonds is 7. The summed E-state index contributed by atoms with van der Waals surface area (Å²) in [6, 6.07) is 5.51. The summed E-state index contributed by atoms with van der Waals surface area (Å²) in [6.45, 7) is 4.19. The van der Waals surface area contributed by atoms with Gasteiger partial charge in [0.1, 0.15) is 4.99 Å². The number of hydrogen-bond acceptors (Lipinski definition) is 2. The minimum Gasteiger partial charge on any atom is -0.389 e. The van der Waals surface area contributed by atoms with E-state index in [1.807, 2.05) is 18.2 Å². The van der Waals surface area contributed by atoms with Crippen LogP contribution >= 0.6 is 28.1 Å². The van der Waals surface area contributed by atoms with Crippen molar-refractivity contribution < 1.29 is 4.79 Å². The molecule has 0 atom stereocenters. The van der Waals surface area contributed by atoms with Crippen molar-refractivity contribution >= 4 is 44.7 Å². The average Bonchev–Trinajstić information content (AvgIpc) is 2.38. The van der Waals surface area contributed by atoms with Gasteiger partial charge < -0.3 is 11.1 Å². The van der Waals surface area contributed by atoms with Gasteiger partial charge >= 0.3 is 0 Å². The molecule has 1 rings (SSSR count). The van der Waals surface area contributed by atoms with Crippen LogP contribution in [0.4, 0.5) is 5.69 Å². The lowest BCUT2D eigenvalue weighted by Crippen LogP contribution is -2.24. The van der Waals surface area contributed by atoms with E-state index in [9.17, 15) is 4.79 Å². The summed E-state index contributed by atoms with van der Waals surface area (Å²) in [5.74, 6) is 0.0903. The molecule has 0 aliphatic carbocycles. The number of carbonyl (C=O) groups is 1. The SMILES string of the molecule is CCCC(CCC)C(=O)Nc1cc(Br)ccc1C(N)=S. The van der Waals surface area contributed by atoms with Crippen LogP contribution in [0.5, 0.6) is 0 Å². The Hall–Kier alpha value is -0.940. The second-order valence-corrected chi connectivity index (χ2v) is 6.17. The summed E-state index contributed by atoms with van der Waals surface area (Å²) in [5, 5.41) is 2.97. The smallest absolute Gasteiger partial charge is 0.227 e. The Morgan fingerprint density at radius 3 is 2.45 bits per heavy atom. The number of amides is 1. The van der Waals surface area contributed by atoms with E-state index in [1.54, 1.807) is 0 Å². The van der Waals surface area contributed by atoms with Gasteiger partial charge in [0.05, 0.1) is 5.69 Å². The molecule has 0 bridgehead atoms. The van der Waals surface area contributed by atoms with Gasteiger partial charge in [-0.25, -0.2) is 0 Å². The van der Waals surface area contributed by atoms with Crippen molar-refractivity contribution in [3.8, 4) is 0 Å². The van der Waals surface area contributed by atoms with Crippen molar-refractivity contribution in [2.45, 2.75) is 39.5 Å². The minimum absolute atomic E-state index is 0.0446. The zero-order chi connectivity index (χ0) is 15.1. The molecule has 0 fully saturated rings. The van der Waals surface area contributed by atoms with Gasteiger partial charge in [-0.3, -0.25) is 4.79 Å². The summed E-state index contributed by atoms with van der Waals surface area (Å²) in [7, 11) is 0. The Bertz CT molecular complexity index is 485. The maximum absolute atomic E-state index is 12.4. The molecule has 0 saturated carbocycles. The molecule has 0 radical (unpaired) electrons. The molecular formula is C15H21BrN2OS. The molecule has 0 unspecified atom stereocenters. The van der Waals surface area contributed by atoms with E-state index in [0.29, 0.717) is 11.3 Å². The standard InChI is InChI=1S/C15H21BrN2OS/c1-3-5-10(6-4-2)15(19)18-13-9-11(16)7-8-12(13)14(17)20/h7-10H,3-6H2,1-2H3,(H2,17,20)(H,18,19). The van der Waals surface area contributed by atoms with Gasteiger partial charge in [0.25, 0.3) is 0 Å². The lowest BCUT2D eigenvalue weighted by molar-refractivity contribution is -0.120. The van der Waals surface area contributed by atoms with Gasteiger partial charge in [-0.1, -0.05) is 54.8 Å². The number of halogens is 1. The molecule has 0 heterocycles. The van der Waals surface area contributed by atoms with Crippen LogP contribution in [-0.4, -0.2) is 10.9 Å². The summed E-state index contributed by atoms with van der Waals surface area (Å²) >= 11 is 8.42. The first-order valence-electron chi connectivity index (χ1n) is 6.89. The number of anilines is 1. The average molecular weight is 357 g/mol. The molecular weight excluding hydrogens is 336 g/mol. The van der Waals surface area contributed by atoms with E-state index in [2.05, 4.69) is 35.1 Å². The molecule has 1 aromatic rings. The molecule has 20 heavy (non-hydrogen) atoms. The normalized spacial score (nSPS) is 10.6. The van der Waals surface area contributed by atoms with Crippen LogP contribution in [0, 0.1) is 5.92 Å². The van der Waals surface area contributed by atoms with Crippen molar-refractivity contribution in [3.63, 3.8) is 0 Å². The first-order chi connectivity index (χ1) is 9.49. The Kier molecular flexibility index (Phi) is 7.16. The summed E-state index contributed by atoms with van der Waals surface area (Å²) in [4.78, 5) is 12.7. The first kappa shape index (κ1) is 17.1. The third-order valence-corrected chi connectivity index (χ3v) is 3.86. The van der Waals surface area contributed by atoms with Gasteiger partial charge in [0, 0.05) is 16.0 Å². The first-order valence-corrected chi connectivity index (χ1v) is 8.09.